The summed E-state index contributed by atoms with van der Waals surface area (Å²) in [5, 5.41) is 3.07. The Morgan fingerprint density at radius 2 is 1.89 bits per heavy atom. The second kappa shape index (κ2) is 4.53. The number of urea groups is 1. The zero-order valence-corrected chi connectivity index (χ0v) is 11.2. The van der Waals surface area contributed by atoms with Gasteiger partial charge in [-0.25, -0.2) is 4.79 Å². The molecule has 1 N–H and O–H groups in total. The molecule has 0 atom stereocenters. The van der Waals surface area contributed by atoms with E-state index in [9.17, 15) is 9.59 Å². The molecule has 1 aliphatic carbocycles. The second-order valence-corrected chi connectivity index (χ2v) is 5.58. The maximum absolute atomic E-state index is 12.1. The lowest BCUT2D eigenvalue weighted by molar-refractivity contribution is -0.126. The van der Waals surface area contributed by atoms with Crippen molar-refractivity contribution in [3.05, 3.63) is 34.9 Å². The fourth-order valence-electron chi connectivity index (χ4n) is 3.07. The van der Waals surface area contributed by atoms with E-state index in [2.05, 4.69) is 5.32 Å². The SMILES string of the molecule is O=C1NC(=O)C2(CCCC2)N1Cc1ccccc1Cl. The summed E-state index contributed by atoms with van der Waals surface area (Å²) in [5.41, 5.74) is 0.233. The molecule has 0 bridgehead atoms. The summed E-state index contributed by atoms with van der Waals surface area (Å²) in [6.07, 6.45) is 3.46. The van der Waals surface area contributed by atoms with Crippen LogP contribution in [0.4, 0.5) is 4.79 Å². The average Bonchev–Trinajstić information content (AvgIpc) is 2.95. The predicted molar refractivity (Wildman–Crippen MR) is 71.7 cm³/mol. The summed E-state index contributed by atoms with van der Waals surface area (Å²) in [7, 11) is 0. The molecule has 100 valence electrons. The molecule has 1 aromatic rings. The molecular weight excluding hydrogens is 264 g/mol. The van der Waals surface area contributed by atoms with Crippen LogP contribution in [0, 0.1) is 0 Å². The van der Waals surface area contributed by atoms with Crippen LogP contribution in [0.5, 0.6) is 0 Å². The highest BCUT2D eigenvalue weighted by atomic mass is 35.5. The van der Waals surface area contributed by atoms with Crippen LogP contribution in [0.15, 0.2) is 24.3 Å². The van der Waals surface area contributed by atoms with Crippen LogP contribution in [0.3, 0.4) is 0 Å². The van der Waals surface area contributed by atoms with Gasteiger partial charge in [0.05, 0.1) is 0 Å². The van der Waals surface area contributed by atoms with E-state index in [1.54, 1.807) is 11.0 Å². The van der Waals surface area contributed by atoms with Gasteiger partial charge in [0.25, 0.3) is 5.91 Å². The molecule has 1 aliphatic heterocycles. The fraction of sp³-hybridized carbons (Fsp3) is 0.429. The predicted octanol–water partition coefficient (Wildman–Crippen LogP) is 2.70. The molecule has 3 amide bonds. The molecule has 2 fully saturated rings. The van der Waals surface area contributed by atoms with Crippen LogP contribution in [-0.2, 0) is 11.3 Å². The van der Waals surface area contributed by atoms with Crippen LogP contribution >= 0.6 is 11.6 Å². The molecule has 4 nitrogen and oxygen atoms in total. The van der Waals surface area contributed by atoms with E-state index in [-0.39, 0.29) is 11.9 Å². The largest absolute Gasteiger partial charge is 0.325 e. The highest BCUT2D eigenvalue weighted by Gasteiger charge is 2.53. The van der Waals surface area contributed by atoms with Crippen LogP contribution < -0.4 is 5.32 Å². The Kier molecular flexibility index (Phi) is 2.97. The van der Waals surface area contributed by atoms with Gasteiger partial charge in [-0.15, -0.1) is 0 Å². The lowest BCUT2D eigenvalue weighted by Crippen LogP contribution is -2.46. The van der Waals surface area contributed by atoms with Gasteiger partial charge >= 0.3 is 6.03 Å². The van der Waals surface area contributed by atoms with Gasteiger partial charge in [0.2, 0.25) is 0 Å². The molecule has 2 aliphatic rings. The molecule has 3 rings (SSSR count). The van der Waals surface area contributed by atoms with Crippen LogP contribution in [0.25, 0.3) is 0 Å². The van der Waals surface area contributed by atoms with Crippen molar-refractivity contribution in [2.45, 2.75) is 37.8 Å². The molecule has 0 unspecified atom stereocenters. The van der Waals surface area contributed by atoms with Crippen molar-refractivity contribution < 1.29 is 9.59 Å². The number of carbonyl (C=O) groups excluding carboxylic acids is 2. The average molecular weight is 279 g/mol. The maximum atomic E-state index is 12.1. The molecule has 1 heterocycles. The Labute approximate surface area is 116 Å². The van der Waals surface area contributed by atoms with Gasteiger partial charge in [0, 0.05) is 11.6 Å². The minimum absolute atomic E-state index is 0.151. The summed E-state index contributed by atoms with van der Waals surface area (Å²) in [5.74, 6) is -0.151. The first-order valence-electron chi connectivity index (χ1n) is 6.50. The first-order valence-corrected chi connectivity index (χ1v) is 6.88. The quantitative estimate of drug-likeness (QED) is 0.846. The molecule has 19 heavy (non-hydrogen) atoms. The molecule has 1 spiro atoms. The van der Waals surface area contributed by atoms with Crippen molar-refractivity contribution >= 4 is 23.5 Å². The van der Waals surface area contributed by atoms with E-state index >= 15 is 0 Å². The van der Waals surface area contributed by atoms with E-state index in [0.29, 0.717) is 11.6 Å². The summed E-state index contributed by atoms with van der Waals surface area (Å²) in [4.78, 5) is 25.8. The number of imide groups is 1. The minimum atomic E-state index is -0.643. The molecule has 1 aromatic carbocycles. The first kappa shape index (κ1) is 12.5. The van der Waals surface area contributed by atoms with E-state index < -0.39 is 5.54 Å². The van der Waals surface area contributed by atoms with Gasteiger partial charge in [-0.05, 0) is 24.5 Å². The first-order chi connectivity index (χ1) is 9.13. The van der Waals surface area contributed by atoms with Crippen LogP contribution in [0.2, 0.25) is 5.02 Å². The van der Waals surface area contributed by atoms with Crippen molar-refractivity contribution in [1.29, 1.82) is 0 Å². The highest BCUT2D eigenvalue weighted by molar-refractivity contribution is 6.31. The van der Waals surface area contributed by atoms with Crippen LogP contribution in [0.1, 0.15) is 31.2 Å². The fourth-order valence-corrected chi connectivity index (χ4v) is 3.27. The third kappa shape index (κ3) is 1.91. The number of hydrogen-bond acceptors (Lipinski definition) is 2. The third-order valence-corrected chi connectivity index (χ3v) is 4.49. The topological polar surface area (TPSA) is 49.4 Å². The summed E-state index contributed by atoms with van der Waals surface area (Å²) in [6, 6.07) is 7.13. The Morgan fingerprint density at radius 1 is 1.21 bits per heavy atom. The standard InChI is InChI=1S/C14H15ClN2O2/c15-11-6-2-1-5-10(11)9-17-13(19)16-12(18)14(17)7-3-4-8-14/h1-2,5-6H,3-4,7-9H2,(H,16,18,19). The lowest BCUT2D eigenvalue weighted by Gasteiger charge is -2.31. The zero-order chi connectivity index (χ0) is 13.5. The van der Waals surface area contributed by atoms with E-state index in [1.807, 2.05) is 18.2 Å². The number of amides is 3. The number of rotatable bonds is 2. The van der Waals surface area contributed by atoms with E-state index in [1.165, 1.54) is 0 Å². The van der Waals surface area contributed by atoms with Gasteiger partial charge < -0.3 is 4.90 Å². The Hall–Kier alpha value is -1.55. The minimum Gasteiger partial charge on any atom is -0.305 e. The van der Waals surface area contributed by atoms with Crippen molar-refractivity contribution in [2.24, 2.45) is 0 Å². The zero-order valence-electron chi connectivity index (χ0n) is 10.5. The number of carbonyl (C=O) groups is 2. The Bertz CT molecular complexity index is 538. The number of benzene rings is 1. The number of hydrogen-bond donors (Lipinski definition) is 1. The molecule has 5 heteroatoms. The highest BCUT2D eigenvalue weighted by Crippen LogP contribution is 2.39. The number of nitrogens with one attached hydrogen (secondary N) is 1. The molecular formula is C14H15ClN2O2. The van der Waals surface area contributed by atoms with Gasteiger partial charge in [0.15, 0.2) is 0 Å². The number of halogens is 1. The van der Waals surface area contributed by atoms with E-state index in [0.717, 1.165) is 31.2 Å². The number of nitrogens with zero attached hydrogens (tertiary/aromatic N) is 1. The van der Waals surface area contributed by atoms with Gasteiger partial charge in [-0.2, -0.15) is 0 Å². The summed E-state index contributed by atoms with van der Waals surface area (Å²) >= 11 is 6.14. The second-order valence-electron chi connectivity index (χ2n) is 5.18. The van der Waals surface area contributed by atoms with Gasteiger partial charge in [0.1, 0.15) is 5.54 Å². The lowest BCUT2D eigenvalue weighted by atomic mass is 9.95. The normalized spacial score (nSPS) is 21.2. The van der Waals surface area contributed by atoms with Crippen molar-refractivity contribution in [3.8, 4) is 0 Å². The third-order valence-electron chi connectivity index (χ3n) is 4.12. The van der Waals surface area contributed by atoms with E-state index in [4.69, 9.17) is 11.6 Å². The van der Waals surface area contributed by atoms with Gasteiger partial charge in [-0.3, -0.25) is 10.1 Å². The monoisotopic (exact) mass is 278 g/mol. The van der Waals surface area contributed by atoms with Crippen molar-refractivity contribution in [2.75, 3.05) is 0 Å². The summed E-state index contributed by atoms with van der Waals surface area (Å²) < 4.78 is 0. The summed E-state index contributed by atoms with van der Waals surface area (Å²) in [6.45, 7) is 0.386. The molecule has 1 saturated carbocycles. The Morgan fingerprint density at radius 3 is 2.58 bits per heavy atom. The van der Waals surface area contributed by atoms with Crippen molar-refractivity contribution in [3.63, 3.8) is 0 Å². The smallest absolute Gasteiger partial charge is 0.305 e. The molecule has 1 saturated heterocycles. The van der Waals surface area contributed by atoms with Crippen LogP contribution in [-0.4, -0.2) is 22.4 Å². The maximum Gasteiger partial charge on any atom is 0.325 e. The molecule has 0 aromatic heterocycles. The van der Waals surface area contributed by atoms with Crippen molar-refractivity contribution in [1.82, 2.24) is 10.2 Å². The van der Waals surface area contributed by atoms with Gasteiger partial charge in [-0.1, -0.05) is 42.6 Å². The Balaban J connectivity index is 1.92. The molecule has 0 radical (unpaired) electrons.